The fraction of sp³-hybridized carbons (Fsp3) is 0.378. The molecule has 0 saturated carbocycles. The van der Waals surface area contributed by atoms with Crippen molar-refractivity contribution < 1.29 is 48.6 Å². The fourth-order valence-electron chi connectivity index (χ4n) is 6.16. The lowest BCUT2D eigenvalue weighted by molar-refractivity contribution is -0.147. The van der Waals surface area contributed by atoms with E-state index >= 15 is 0 Å². The number of likely N-dealkylation sites (N-methyl/N-ethyl adjacent to an activating group) is 1. The number of nitrogens with two attached hydrogens (primary N) is 1. The first-order valence-electron chi connectivity index (χ1n) is 18.0. The number of nitrogens with zero attached hydrogens (tertiary/aromatic N) is 2. The number of carboxylic acid groups (broad SMARTS) is 2. The number of amides is 7. The van der Waals surface area contributed by atoms with Gasteiger partial charge in [-0.05, 0) is 30.0 Å². The molecule has 0 unspecified atom stereocenters. The molecule has 0 radical (unpaired) electrons. The average Bonchev–Trinajstić information content (AvgIpc) is 3.59. The number of urea groups is 1. The van der Waals surface area contributed by atoms with Crippen molar-refractivity contribution in [3.05, 3.63) is 71.9 Å². The van der Waals surface area contributed by atoms with Crippen molar-refractivity contribution in [2.45, 2.75) is 68.7 Å². The number of carbonyl (C=O) groups is 8. The molecule has 0 aliphatic carbocycles. The van der Waals surface area contributed by atoms with Gasteiger partial charge >= 0.3 is 18.0 Å². The van der Waals surface area contributed by atoms with Gasteiger partial charge in [-0.1, -0.05) is 48.5 Å². The van der Waals surface area contributed by atoms with E-state index < -0.39 is 90.6 Å². The third-order valence-electron chi connectivity index (χ3n) is 9.18. The summed E-state index contributed by atoms with van der Waals surface area (Å²) in [6.45, 7) is -0.0134. The Morgan fingerprint density at radius 3 is 2.12 bits per heavy atom. The van der Waals surface area contributed by atoms with Gasteiger partial charge in [-0.15, -0.1) is 0 Å². The number of H-pyrrole nitrogens is 1. The number of nitrogens with one attached hydrogen (secondary N) is 7. The monoisotopic (exact) mass is 790 g/mol. The summed E-state index contributed by atoms with van der Waals surface area (Å²) in [7, 11) is 2.69. The maximum absolute atomic E-state index is 14.4. The molecule has 1 aliphatic heterocycles. The number of para-hydroxylation sites is 1. The van der Waals surface area contributed by atoms with Gasteiger partial charge in [-0.3, -0.25) is 34.3 Å². The summed E-state index contributed by atoms with van der Waals surface area (Å²) in [5.41, 5.74) is 7.70. The van der Waals surface area contributed by atoms with Crippen LogP contribution in [0.2, 0.25) is 0 Å². The van der Waals surface area contributed by atoms with Gasteiger partial charge in [0.25, 0.3) is 0 Å². The molecule has 4 rings (SSSR count). The molecule has 1 aliphatic rings. The second-order valence-corrected chi connectivity index (χ2v) is 13.3. The van der Waals surface area contributed by atoms with Gasteiger partial charge in [0.15, 0.2) is 5.96 Å². The van der Waals surface area contributed by atoms with Crippen LogP contribution in [0.1, 0.15) is 36.8 Å². The predicted molar refractivity (Wildman–Crippen MR) is 204 cm³/mol. The summed E-state index contributed by atoms with van der Waals surface area (Å²) in [4.78, 5) is 113. The second kappa shape index (κ2) is 20.1. The molecular weight excluding hydrogens is 744 g/mol. The molecule has 1 saturated heterocycles. The number of carbonyl (C=O) groups excluding carboxylic acids is 6. The minimum absolute atomic E-state index is 0.0134. The number of guanidine groups is 1. The maximum atomic E-state index is 14.4. The van der Waals surface area contributed by atoms with Crippen LogP contribution in [-0.4, -0.2) is 124 Å². The number of benzene rings is 2. The molecule has 0 spiro atoms. The molecule has 1 fully saturated rings. The molecule has 20 nitrogen and oxygen atoms in total. The molecule has 5 atom stereocenters. The van der Waals surface area contributed by atoms with Crippen molar-refractivity contribution >= 4 is 64.4 Å². The van der Waals surface area contributed by atoms with Crippen LogP contribution in [0.25, 0.3) is 10.9 Å². The zero-order valence-corrected chi connectivity index (χ0v) is 31.2. The van der Waals surface area contributed by atoms with Gasteiger partial charge in [0.2, 0.25) is 29.5 Å². The number of aromatic nitrogens is 1. The van der Waals surface area contributed by atoms with E-state index in [0.717, 1.165) is 15.8 Å². The fourth-order valence-corrected chi connectivity index (χ4v) is 6.16. The zero-order valence-electron chi connectivity index (χ0n) is 31.2. The Hall–Kier alpha value is -6.99. The van der Waals surface area contributed by atoms with E-state index in [1.165, 1.54) is 14.1 Å². The van der Waals surface area contributed by atoms with Crippen molar-refractivity contribution in [3.63, 3.8) is 0 Å². The number of aromatic amines is 1. The smallest absolute Gasteiger partial charge is 0.326 e. The van der Waals surface area contributed by atoms with E-state index in [2.05, 4.69) is 41.9 Å². The molecule has 3 aromatic rings. The van der Waals surface area contributed by atoms with Crippen LogP contribution < -0.4 is 37.6 Å². The number of aliphatic imine (C=N–C) groups is 1. The molecule has 57 heavy (non-hydrogen) atoms. The number of hydrogen-bond acceptors (Lipinski definition) is 9. The van der Waals surface area contributed by atoms with Crippen molar-refractivity contribution in [1.29, 1.82) is 0 Å². The Kier molecular flexibility index (Phi) is 15.1. The van der Waals surface area contributed by atoms with Gasteiger partial charge in [0, 0.05) is 50.6 Å². The highest BCUT2D eigenvalue weighted by molar-refractivity contribution is 5.98. The summed E-state index contributed by atoms with van der Waals surface area (Å²) < 4.78 is 0. The van der Waals surface area contributed by atoms with Crippen molar-refractivity contribution in [1.82, 2.24) is 41.8 Å². The van der Waals surface area contributed by atoms with Gasteiger partial charge in [0.1, 0.15) is 30.2 Å². The first kappa shape index (κ1) is 42.7. The van der Waals surface area contributed by atoms with E-state index in [4.69, 9.17) is 5.73 Å². The van der Waals surface area contributed by atoms with Crippen molar-refractivity contribution in [3.8, 4) is 0 Å². The number of carboxylic acids is 2. The minimum atomic E-state index is -1.86. The van der Waals surface area contributed by atoms with Gasteiger partial charge in [0.05, 0.1) is 12.8 Å². The Balaban J connectivity index is 1.76. The molecule has 2 heterocycles. The predicted octanol–water partition coefficient (Wildman–Crippen LogP) is -1.29. The lowest BCUT2D eigenvalue weighted by Crippen LogP contribution is -2.59. The highest BCUT2D eigenvalue weighted by Crippen LogP contribution is 2.20. The highest BCUT2D eigenvalue weighted by Gasteiger charge is 2.37. The Bertz CT molecular complexity index is 2000. The van der Waals surface area contributed by atoms with Crippen LogP contribution in [0, 0.1) is 0 Å². The van der Waals surface area contributed by atoms with Crippen molar-refractivity contribution in [2.24, 2.45) is 10.7 Å². The second-order valence-electron chi connectivity index (χ2n) is 13.3. The van der Waals surface area contributed by atoms with Gasteiger partial charge in [-0.2, -0.15) is 0 Å². The minimum Gasteiger partial charge on any atom is -0.480 e. The number of hydrogen-bond donors (Lipinski definition) is 10. The standard InChI is InChI=1S/C37H46N10O10/c1-39-37(57)46-36(38)40-14-8-13-24-33(52)47(2)28(15-20-9-4-3-5-10-20)32(51)45-27(35(55)56)18-30(49)43-26(34(53)54)17-29(48)42-25(31(50)44-24)16-21-19-41-23-12-7-6-11-22(21)23/h3-7,9-12,19,24-28,41H,8,13-18H2,1-2H3,(H,42,48)(H,43,49)(H,44,50)(H,45,51)(H,53,54)(H,55,56)(H4,38,39,40,46,57)/t24-,25+,26-,27-,28-/m0/s1. The number of rotatable bonds is 10. The van der Waals surface area contributed by atoms with Gasteiger partial charge in [-0.25, -0.2) is 14.4 Å². The van der Waals surface area contributed by atoms with Crippen LogP contribution in [0.4, 0.5) is 4.79 Å². The van der Waals surface area contributed by atoms with E-state index in [0.29, 0.717) is 11.1 Å². The van der Waals surface area contributed by atoms with Crippen LogP contribution in [0.15, 0.2) is 65.8 Å². The molecular formula is C37H46N10O10. The SMILES string of the molecule is CNC(=O)NC(N)=NCCC[C@@H]1NC(=O)[C@@H](Cc2c[nH]c3ccccc23)NC(=O)C[C@@H](C(=O)O)NC(=O)C[C@@H](C(=O)O)NC(=O)[C@H](Cc2ccccc2)N(C)C1=O. The first-order chi connectivity index (χ1) is 27.2. The maximum Gasteiger partial charge on any atom is 0.326 e. The number of aliphatic carboxylic acids is 2. The molecule has 11 N–H and O–H groups in total. The zero-order chi connectivity index (χ0) is 41.6. The summed E-state index contributed by atoms with van der Waals surface area (Å²) >= 11 is 0. The van der Waals surface area contributed by atoms with E-state index in [-0.39, 0.29) is 38.2 Å². The molecule has 0 bridgehead atoms. The van der Waals surface area contributed by atoms with Gasteiger partial charge < -0.3 is 52.4 Å². The largest absolute Gasteiger partial charge is 0.480 e. The molecule has 1 aromatic heterocycles. The number of fused-ring (bicyclic) bond motifs is 1. The molecule has 2 aromatic carbocycles. The Labute approximate surface area is 326 Å². The van der Waals surface area contributed by atoms with Crippen LogP contribution in [-0.2, 0) is 46.4 Å². The topological polar surface area (TPSA) is 307 Å². The van der Waals surface area contributed by atoms with E-state index in [1.807, 2.05) is 0 Å². The first-order valence-corrected chi connectivity index (χ1v) is 18.0. The van der Waals surface area contributed by atoms with Crippen molar-refractivity contribution in [2.75, 3.05) is 20.6 Å². The van der Waals surface area contributed by atoms with E-state index in [1.54, 1.807) is 60.8 Å². The van der Waals surface area contributed by atoms with Crippen LogP contribution in [0.3, 0.4) is 0 Å². The quantitative estimate of drug-likeness (QED) is 0.0654. The summed E-state index contributed by atoms with van der Waals surface area (Å²) in [6.07, 6.45) is -0.317. The highest BCUT2D eigenvalue weighted by atomic mass is 16.4. The third kappa shape index (κ3) is 12.3. The molecule has 7 amide bonds. The summed E-state index contributed by atoms with van der Waals surface area (Å²) in [5.74, 6) is -8.05. The Morgan fingerprint density at radius 1 is 0.825 bits per heavy atom. The lowest BCUT2D eigenvalue weighted by Gasteiger charge is -2.32. The third-order valence-corrected chi connectivity index (χ3v) is 9.18. The Morgan fingerprint density at radius 2 is 1.46 bits per heavy atom. The molecule has 20 heteroatoms. The summed E-state index contributed by atoms with van der Waals surface area (Å²) in [6, 6.07) is 7.26. The van der Waals surface area contributed by atoms with E-state index in [9.17, 15) is 48.6 Å². The molecule has 304 valence electrons. The lowest BCUT2D eigenvalue weighted by atomic mass is 10.0. The average molecular weight is 791 g/mol. The van der Waals surface area contributed by atoms with Crippen LogP contribution >= 0.6 is 0 Å². The normalized spacial score (nSPS) is 21.7. The van der Waals surface area contributed by atoms with Crippen LogP contribution in [0.5, 0.6) is 0 Å². The summed E-state index contributed by atoms with van der Waals surface area (Å²) in [5, 5.41) is 34.8.